The van der Waals surface area contributed by atoms with Gasteiger partial charge in [-0.25, -0.2) is 0 Å². The molecular formula is C16H23NO3. The molecule has 1 aromatic carbocycles. The van der Waals surface area contributed by atoms with Gasteiger partial charge in [-0.15, -0.1) is 0 Å². The van der Waals surface area contributed by atoms with E-state index in [0.717, 1.165) is 18.8 Å². The zero-order valence-electron chi connectivity index (χ0n) is 12.3. The molecule has 4 nitrogen and oxygen atoms in total. The highest BCUT2D eigenvalue weighted by Gasteiger charge is 2.42. The first kappa shape index (κ1) is 13.9. The summed E-state index contributed by atoms with van der Waals surface area (Å²) in [4.78, 5) is 0. The topological polar surface area (TPSA) is 39.7 Å². The average molecular weight is 277 g/mol. The number of nitrogens with one attached hydrogen (secondary N) is 1. The highest BCUT2D eigenvalue weighted by atomic mass is 16.9. The molecule has 20 heavy (non-hydrogen) atoms. The number of hydrogen-bond acceptors (Lipinski definition) is 4. The summed E-state index contributed by atoms with van der Waals surface area (Å²) in [7, 11) is 0. The van der Waals surface area contributed by atoms with Crippen molar-refractivity contribution in [3.05, 3.63) is 29.8 Å². The predicted molar refractivity (Wildman–Crippen MR) is 76.7 cm³/mol. The lowest BCUT2D eigenvalue weighted by Gasteiger charge is -2.39. The van der Waals surface area contributed by atoms with Crippen molar-refractivity contribution in [2.45, 2.75) is 45.4 Å². The van der Waals surface area contributed by atoms with Gasteiger partial charge >= 0.3 is 0 Å². The van der Waals surface area contributed by atoms with Crippen LogP contribution in [0.25, 0.3) is 0 Å². The summed E-state index contributed by atoms with van der Waals surface area (Å²) >= 11 is 0. The summed E-state index contributed by atoms with van der Waals surface area (Å²) in [6.07, 6.45) is -0.0984. The maximum Gasteiger partial charge on any atom is 0.171 e. The zero-order valence-corrected chi connectivity index (χ0v) is 12.3. The summed E-state index contributed by atoms with van der Waals surface area (Å²) in [5, 5.41) is 3.36. The van der Waals surface area contributed by atoms with E-state index >= 15 is 0 Å². The van der Waals surface area contributed by atoms with E-state index in [0.29, 0.717) is 5.92 Å². The van der Waals surface area contributed by atoms with Gasteiger partial charge in [0, 0.05) is 13.1 Å². The van der Waals surface area contributed by atoms with Gasteiger partial charge in [-0.3, -0.25) is 0 Å². The fourth-order valence-electron chi connectivity index (χ4n) is 2.79. The first-order chi connectivity index (χ1) is 9.63. The van der Waals surface area contributed by atoms with Gasteiger partial charge in [0.25, 0.3) is 0 Å². The smallest absolute Gasteiger partial charge is 0.171 e. The highest BCUT2D eigenvalue weighted by Crippen LogP contribution is 2.30. The molecule has 2 fully saturated rings. The predicted octanol–water partition coefficient (Wildman–Crippen LogP) is 2.50. The molecule has 0 spiro atoms. The third-order valence-corrected chi connectivity index (χ3v) is 4.02. The molecule has 3 rings (SSSR count). The molecule has 0 radical (unpaired) electrons. The van der Waals surface area contributed by atoms with Crippen molar-refractivity contribution >= 4 is 0 Å². The minimum Gasteiger partial charge on any atom is -0.489 e. The molecule has 2 aliphatic rings. The number of benzene rings is 1. The van der Waals surface area contributed by atoms with Gasteiger partial charge in [0.2, 0.25) is 0 Å². The van der Waals surface area contributed by atoms with Gasteiger partial charge in [-0.1, -0.05) is 26.0 Å². The summed E-state index contributed by atoms with van der Waals surface area (Å²) in [5.41, 5.74) is 1.30. The van der Waals surface area contributed by atoms with Crippen molar-refractivity contribution < 1.29 is 14.2 Å². The van der Waals surface area contributed by atoms with Gasteiger partial charge in [0.1, 0.15) is 11.9 Å². The van der Waals surface area contributed by atoms with E-state index in [2.05, 4.69) is 37.4 Å². The van der Waals surface area contributed by atoms with Gasteiger partial charge in [-0.05, 0) is 30.5 Å². The molecule has 1 aromatic rings. The molecule has 1 N–H and O–H groups in total. The SMILES string of the molecule is CC1OC([C@H]2CNCC2Oc2cccc(C(C)C)c2)O1. The van der Waals surface area contributed by atoms with Crippen LogP contribution in [0.15, 0.2) is 24.3 Å². The Hall–Kier alpha value is -1.10. The van der Waals surface area contributed by atoms with Crippen LogP contribution in [0.5, 0.6) is 5.75 Å². The Morgan fingerprint density at radius 1 is 1.25 bits per heavy atom. The van der Waals surface area contributed by atoms with Crippen LogP contribution < -0.4 is 10.1 Å². The van der Waals surface area contributed by atoms with Gasteiger partial charge < -0.3 is 19.5 Å². The van der Waals surface area contributed by atoms with Crippen molar-refractivity contribution in [1.29, 1.82) is 0 Å². The maximum atomic E-state index is 6.15. The van der Waals surface area contributed by atoms with Crippen LogP contribution in [0, 0.1) is 5.92 Å². The monoisotopic (exact) mass is 277 g/mol. The molecule has 0 saturated carbocycles. The van der Waals surface area contributed by atoms with E-state index in [4.69, 9.17) is 14.2 Å². The maximum absolute atomic E-state index is 6.15. The van der Waals surface area contributed by atoms with Crippen molar-refractivity contribution in [2.75, 3.05) is 13.1 Å². The van der Waals surface area contributed by atoms with E-state index in [1.54, 1.807) is 0 Å². The molecule has 0 aliphatic carbocycles. The molecule has 110 valence electrons. The molecule has 2 heterocycles. The Bertz CT molecular complexity index is 457. The van der Waals surface area contributed by atoms with E-state index in [9.17, 15) is 0 Å². The second kappa shape index (κ2) is 5.72. The lowest BCUT2D eigenvalue weighted by atomic mass is 10.0. The molecule has 0 aromatic heterocycles. The van der Waals surface area contributed by atoms with Crippen LogP contribution in [-0.2, 0) is 9.47 Å². The first-order valence-electron chi connectivity index (χ1n) is 7.41. The summed E-state index contributed by atoms with van der Waals surface area (Å²) in [6, 6.07) is 8.35. The second-order valence-electron chi connectivity index (χ2n) is 5.91. The molecule has 0 amide bonds. The van der Waals surface area contributed by atoms with Crippen molar-refractivity contribution in [2.24, 2.45) is 5.92 Å². The standard InChI is InChI=1S/C16H23NO3/c1-10(2)12-5-4-6-13(7-12)20-15-9-17-8-14(15)16-18-11(3)19-16/h4-7,10-11,14-17H,8-9H2,1-3H3/t11?,14-,15?,16?/m0/s1. The third kappa shape index (κ3) is 2.82. The fourth-order valence-corrected chi connectivity index (χ4v) is 2.79. The molecular weight excluding hydrogens is 254 g/mol. The minimum absolute atomic E-state index is 0.0782. The lowest BCUT2D eigenvalue weighted by Crippen LogP contribution is -2.48. The van der Waals surface area contributed by atoms with Crippen LogP contribution in [0.2, 0.25) is 0 Å². The molecule has 2 saturated heterocycles. The minimum atomic E-state index is -0.127. The van der Waals surface area contributed by atoms with Crippen molar-refractivity contribution in [3.8, 4) is 5.75 Å². The van der Waals surface area contributed by atoms with Crippen LogP contribution >= 0.6 is 0 Å². The molecule has 1 unspecified atom stereocenters. The molecule has 2 aliphatic heterocycles. The van der Waals surface area contributed by atoms with Crippen LogP contribution in [-0.4, -0.2) is 31.8 Å². The molecule has 4 heteroatoms. The van der Waals surface area contributed by atoms with Crippen LogP contribution in [0.3, 0.4) is 0 Å². The van der Waals surface area contributed by atoms with Gasteiger partial charge in [0.15, 0.2) is 12.6 Å². The largest absolute Gasteiger partial charge is 0.489 e. The van der Waals surface area contributed by atoms with Crippen LogP contribution in [0.4, 0.5) is 0 Å². The van der Waals surface area contributed by atoms with Crippen molar-refractivity contribution in [1.82, 2.24) is 5.32 Å². The van der Waals surface area contributed by atoms with E-state index < -0.39 is 0 Å². The average Bonchev–Trinajstić information content (AvgIpc) is 2.83. The second-order valence-corrected chi connectivity index (χ2v) is 5.91. The lowest BCUT2D eigenvalue weighted by molar-refractivity contribution is -0.394. The highest BCUT2D eigenvalue weighted by molar-refractivity contribution is 5.30. The summed E-state index contributed by atoms with van der Waals surface area (Å²) in [5.74, 6) is 1.70. The van der Waals surface area contributed by atoms with E-state index in [-0.39, 0.29) is 24.6 Å². The van der Waals surface area contributed by atoms with E-state index in [1.807, 2.05) is 13.0 Å². The fraction of sp³-hybridized carbons (Fsp3) is 0.625. The third-order valence-electron chi connectivity index (χ3n) is 4.02. The first-order valence-corrected chi connectivity index (χ1v) is 7.41. The molecule has 2 atom stereocenters. The van der Waals surface area contributed by atoms with Crippen molar-refractivity contribution in [3.63, 3.8) is 0 Å². The Morgan fingerprint density at radius 2 is 2.05 bits per heavy atom. The number of rotatable bonds is 4. The van der Waals surface area contributed by atoms with Gasteiger partial charge in [-0.2, -0.15) is 0 Å². The summed E-state index contributed by atoms with van der Waals surface area (Å²) < 4.78 is 17.4. The Kier molecular flexibility index (Phi) is 3.96. The Morgan fingerprint density at radius 3 is 2.75 bits per heavy atom. The Balaban J connectivity index is 1.65. The quantitative estimate of drug-likeness (QED) is 0.918. The van der Waals surface area contributed by atoms with Crippen LogP contribution in [0.1, 0.15) is 32.3 Å². The van der Waals surface area contributed by atoms with E-state index in [1.165, 1.54) is 5.56 Å². The normalized spacial score (nSPS) is 33.2. The number of hydrogen-bond donors (Lipinski definition) is 1. The zero-order chi connectivity index (χ0) is 14.1. The summed E-state index contributed by atoms with van der Waals surface area (Å²) in [6.45, 7) is 8.02. The number of ether oxygens (including phenoxy) is 3. The Labute approximate surface area is 120 Å². The molecule has 0 bridgehead atoms. The van der Waals surface area contributed by atoms with Gasteiger partial charge in [0.05, 0.1) is 5.92 Å².